The van der Waals surface area contributed by atoms with Crippen LogP contribution in [0.4, 0.5) is 0 Å². The molecule has 1 unspecified atom stereocenters. The smallest absolute Gasteiger partial charge is 0.123 e. The maximum absolute atomic E-state index is 5.52. The normalized spacial score (nSPS) is 12.2. The van der Waals surface area contributed by atoms with Crippen molar-refractivity contribution in [3.63, 3.8) is 0 Å². The maximum Gasteiger partial charge on any atom is 0.123 e. The van der Waals surface area contributed by atoms with Crippen molar-refractivity contribution >= 4 is 31.9 Å². The van der Waals surface area contributed by atoms with Crippen LogP contribution in [0.25, 0.3) is 0 Å². The second kappa shape index (κ2) is 7.43. The predicted octanol–water partition coefficient (Wildman–Crippen LogP) is 5.23. The summed E-state index contributed by atoms with van der Waals surface area (Å²) in [7, 11) is 1.71. The first-order valence-corrected chi connectivity index (χ1v) is 8.49. The Hall–Kier alpha value is -0.840. The third kappa shape index (κ3) is 3.68. The number of halogens is 2. The van der Waals surface area contributed by atoms with Crippen molar-refractivity contribution in [1.29, 1.82) is 0 Å². The van der Waals surface area contributed by atoms with E-state index in [0.717, 1.165) is 26.8 Å². The Morgan fingerprint density at radius 3 is 2.48 bits per heavy atom. The second-order valence-electron chi connectivity index (χ2n) is 4.86. The van der Waals surface area contributed by atoms with Crippen molar-refractivity contribution < 1.29 is 4.74 Å². The highest BCUT2D eigenvalue weighted by atomic mass is 79.9. The van der Waals surface area contributed by atoms with Crippen LogP contribution in [-0.4, -0.2) is 13.7 Å². The Kier molecular flexibility index (Phi) is 5.85. The monoisotopic (exact) mass is 411 g/mol. The van der Waals surface area contributed by atoms with Crippen LogP contribution >= 0.6 is 31.9 Å². The molecule has 112 valence electrons. The van der Waals surface area contributed by atoms with Crippen molar-refractivity contribution in [3.8, 4) is 5.75 Å². The van der Waals surface area contributed by atoms with E-state index in [1.54, 1.807) is 7.11 Å². The average molecular weight is 413 g/mol. The lowest BCUT2D eigenvalue weighted by molar-refractivity contribution is 0.404. The van der Waals surface area contributed by atoms with Gasteiger partial charge in [0.25, 0.3) is 0 Å². The Bertz CT molecular complexity index is 628. The molecule has 0 saturated heterocycles. The quantitative estimate of drug-likeness (QED) is 0.725. The number of hydrogen-bond donors (Lipinski definition) is 1. The molecule has 0 heterocycles. The molecule has 0 aliphatic rings. The Labute approximate surface area is 143 Å². The van der Waals surface area contributed by atoms with Gasteiger partial charge in [-0.25, -0.2) is 0 Å². The highest BCUT2D eigenvalue weighted by molar-refractivity contribution is 9.11. The lowest BCUT2D eigenvalue weighted by Crippen LogP contribution is -2.23. The van der Waals surface area contributed by atoms with Gasteiger partial charge in [0.2, 0.25) is 0 Å². The molecule has 0 spiro atoms. The van der Waals surface area contributed by atoms with Crippen LogP contribution in [0.1, 0.15) is 29.7 Å². The fourth-order valence-corrected chi connectivity index (χ4v) is 3.43. The van der Waals surface area contributed by atoms with E-state index < -0.39 is 0 Å². The number of nitrogens with one attached hydrogen (secondary N) is 1. The highest BCUT2D eigenvalue weighted by Crippen LogP contribution is 2.36. The van der Waals surface area contributed by atoms with Gasteiger partial charge in [-0.2, -0.15) is 0 Å². The van der Waals surface area contributed by atoms with Crippen LogP contribution in [0, 0.1) is 6.92 Å². The van der Waals surface area contributed by atoms with E-state index in [1.165, 1.54) is 11.1 Å². The number of ether oxygens (including phenoxy) is 1. The number of methoxy groups -OCH3 is 1. The summed E-state index contributed by atoms with van der Waals surface area (Å²) in [5.41, 5.74) is 3.54. The van der Waals surface area contributed by atoms with E-state index in [2.05, 4.69) is 69.2 Å². The van der Waals surface area contributed by atoms with Crippen LogP contribution in [0.3, 0.4) is 0 Å². The van der Waals surface area contributed by atoms with Gasteiger partial charge in [-0.05, 0) is 42.8 Å². The van der Waals surface area contributed by atoms with E-state index in [0.29, 0.717) is 0 Å². The summed E-state index contributed by atoms with van der Waals surface area (Å²) in [6, 6.07) is 12.5. The van der Waals surface area contributed by atoms with Crippen molar-refractivity contribution in [2.45, 2.75) is 19.9 Å². The molecule has 2 nitrogen and oxygen atoms in total. The van der Waals surface area contributed by atoms with Crippen molar-refractivity contribution in [1.82, 2.24) is 5.32 Å². The van der Waals surface area contributed by atoms with E-state index in [1.807, 2.05) is 18.2 Å². The maximum atomic E-state index is 5.52. The molecule has 2 aromatic rings. The standard InChI is InChI=1S/C17H19Br2NO/c1-4-20-17(12-7-5-6-8-16(12)21-3)13-10-14(18)11(2)9-15(13)19/h5-10,17,20H,4H2,1-3H3. The Morgan fingerprint density at radius 1 is 1.10 bits per heavy atom. The lowest BCUT2D eigenvalue weighted by atomic mass is 9.97. The second-order valence-corrected chi connectivity index (χ2v) is 6.56. The number of hydrogen-bond acceptors (Lipinski definition) is 2. The van der Waals surface area contributed by atoms with Gasteiger partial charge in [0.15, 0.2) is 0 Å². The van der Waals surface area contributed by atoms with E-state index in [4.69, 9.17) is 4.74 Å². The minimum atomic E-state index is 0.0809. The summed E-state index contributed by atoms with van der Waals surface area (Å²) in [4.78, 5) is 0. The number of rotatable bonds is 5. The largest absolute Gasteiger partial charge is 0.496 e. The van der Waals surface area contributed by atoms with Crippen LogP contribution in [0.15, 0.2) is 45.3 Å². The molecule has 1 N–H and O–H groups in total. The molecule has 0 fully saturated rings. The molecule has 2 rings (SSSR count). The van der Waals surface area contributed by atoms with E-state index in [9.17, 15) is 0 Å². The van der Waals surface area contributed by atoms with Gasteiger partial charge in [-0.1, -0.05) is 57.0 Å². The van der Waals surface area contributed by atoms with E-state index in [-0.39, 0.29) is 6.04 Å². The van der Waals surface area contributed by atoms with Crippen molar-refractivity contribution in [2.75, 3.05) is 13.7 Å². The molecule has 1 atom stereocenters. The summed E-state index contributed by atoms with van der Waals surface area (Å²) in [5, 5.41) is 3.55. The first-order chi connectivity index (χ1) is 10.1. The van der Waals surface area contributed by atoms with Crippen LogP contribution in [0.5, 0.6) is 5.75 Å². The predicted molar refractivity (Wildman–Crippen MR) is 95.1 cm³/mol. The molecule has 0 bridgehead atoms. The SMILES string of the molecule is CCNC(c1cc(Br)c(C)cc1Br)c1ccccc1OC. The Balaban J connectivity index is 2.56. The van der Waals surface area contributed by atoms with Gasteiger partial charge in [0, 0.05) is 14.5 Å². The molecule has 2 aromatic carbocycles. The highest BCUT2D eigenvalue weighted by Gasteiger charge is 2.20. The first kappa shape index (κ1) is 16.5. The molecule has 21 heavy (non-hydrogen) atoms. The molecule has 0 aliphatic carbocycles. The summed E-state index contributed by atoms with van der Waals surface area (Å²) in [6.07, 6.45) is 0. The third-order valence-electron chi connectivity index (χ3n) is 3.45. The summed E-state index contributed by atoms with van der Waals surface area (Å²) < 4.78 is 7.73. The summed E-state index contributed by atoms with van der Waals surface area (Å²) in [5.74, 6) is 0.895. The van der Waals surface area contributed by atoms with Crippen molar-refractivity contribution in [3.05, 3.63) is 62.0 Å². The molecule has 0 aliphatic heterocycles. The molecule has 0 aromatic heterocycles. The minimum Gasteiger partial charge on any atom is -0.496 e. The minimum absolute atomic E-state index is 0.0809. The van der Waals surface area contributed by atoms with Gasteiger partial charge < -0.3 is 10.1 Å². The molecule has 0 saturated carbocycles. The topological polar surface area (TPSA) is 21.3 Å². The Morgan fingerprint density at radius 2 is 1.81 bits per heavy atom. The molecule has 0 radical (unpaired) electrons. The fourth-order valence-electron chi connectivity index (χ4n) is 2.38. The zero-order valence-corrected chi connectivity index (χ0v) is 15.6. The fraction of sp³-hybridized carbons (Fsp3) is 0.294. The zero-order chi connectivity index (χ0) is 15.4. The molecular formula is C17H19Br2NO. The van der Waals surface area contributed by atoms with Gasteiger partial charge >= 0.3 is 0 Å². The van der Waals surface area contributed by atoms with Crippen LogP contribution in [-0.2, 0) is 0 Å². The van der Waals surface area contributed by atoms with Gasteiger partial charge in [-0.15, -0.1) is 0 Å². The summed E-state index contributed by atoms with van der Waals surface area (Å²) >= 11 is 7.32. The third-order valence-corrected chi connectivity index (χ3v) is 4.99. The van der Waals surface area contributed by atoms with Gasteiger partial charge in [0.05, 0.1) is 13.2 Å². The molecule has 0 amide bonds. The van der Waals surface area contributed by atoms with Gasteiger partial charge in [-0.3, -0.25) is 0 Å². The van der Waals surface area contributed by atoms with Crippen molar-refractivity contribution in [2.24, 2.45) is 0 Å². The number of benzene rings is 2. The van der Waals surface area contributed by atoms with Gasteiger partial charge in [0.1, 0.15) is 5.75 Å². The number of aryl methyl sites for hydroxylation is 1. The summed E-state index contributed by atoms with van der Waals surface area (Å²) in [6.45, 7) is 5.07. The molecule has 4 heteroatoms. The van der Waals surface area contributed by atoms with Crippen LogP contribution < -0.4 is 10.1 Å². The molecular weight excluding hydrogens is 394 g/mol. The average Bonchev–Trinajstić information content (AvgIpc) is 2.49. The lowest BCUT2D eigenvalue weighted by Gasteiger charge is -2.23. The zero-order valence-electron chi connectivity index (χ0n) is 12.4. The van der Waals surface area contributed by atoms with Crippen LogP contribution in [0.2, 0.25) is 0 Å². The number of para-hydroxylation sites is 1. The van der Waals surface area contributed by atoms with E-state index >= 15 is 0 Å². The first-order valence-electron chi connectivity index (χ1n) is 6.90.